The second-order valence-corrected chi connectivity index (χ2v) is 6.28. The van der Waals surface area contributed by atoms with Crippen molar-refractivity contribution >= 4 is 46.0 Å². The topological polar surface area (TPSA) is 154 Å². The fraction of sp³-hybridized carbons (Fsp3) is 0.286. The molecule has 0 bridgehead atoms. The number of carbonyl (C=O) groups excluding carboxylic acids is 6. The van der Waals surface area contributed by atoms with Gasteiger partial charge in [-0.25, -0.2) is 9.59 Å². The molecule has 2 rings (SSSR count). The van der Waals surface area contributed by atoms with Crippen molar-refractivity contribution < 1.29 is 38.2 Å². The fourth-order valence-electron chi connectivity index (χ4n) is 2.66. The number of hydrogen-bond acceptors (Lipinski definition) is 9. The molecule has 0 aliphatic carbocycles. The molecule has 0 saturated carbocycles. The highest BCUT2D eigenvalue weighted by molar-refractivity contribution is 6.38. The van der Waals surface area contributed by atoms with E-state index in [0.29, 0.717) is 5.52 Å². The number of carbonyl (C=O) groups is 6. The number of ether oxygens (including phenoxy) is 2. The number of benzene rings is 1. The van der Waals surface area contributed by atoms with E-state index in [0.717, 1.165) is 6.20 Å². The molecule has 10 heteroatoms. The lowest BCUT2D eigenvalue weighted by atomic mass is 10.0. The van der Waals surface area contributed by atoms with Gasteiger partial charge < -0.3 is 14.5 Å². The van der Waals surface area contributed by atoms with E-state index in [-0.39, 0.29) is 29.7 Å². The van der Waals surface area contributed by atoms with Gasteiger partial charge in [0.15, 0.2) is 17.0 Å². The smallest absolute Gasteiger partial charge is 0.375 e. The largest absolute Gasteiger partial charge is 0.460 e. The summed E-state index contributed by atoms with van der Waals surface area (Å²) < 4.78 is 9.06. The average Bonchev–Trinajstić information content (AvgIpc) is 2.73. The normalized spacial score (nSPS) is 10.4. The van der Waals surface area contributed by atoms with Crippen molar-refractivity contribution in [2.24, 2.45) is 0 Å². The zero-order valence-electron chi connectivity index (χ0n) is 16.8. The van der Waals surface area contributed by atoms with Crippen molar-refractivity contribution in [3.05, 3.63) is 45.7 Å². The summed E-state index contributed by atoms with van der Waals surface area (Å²) in [5.41, 5.74) is -0.867. The molecule has 0 atom stereocenters. The van der Waals surface area contributed by atoms with Gasteiger partial charge in [0.2, 0.25) is 11.6 Å². The summed E-state index contributed by atoms with van der Waals surface area (Å²) >= 11 is 0. The average molecular weight is 429 g/mol. The molecule has 0 radical (unpaired) electrons. The number of ketones is 4. The van der Waals surface area contributed by atoms with Crippen LogP contribution >= 0.6 is 0 Å². The number of aromatic amines is 1. The maximum Gasteiger partial charge on any atom is 0.375 e. The van der Waals surface area contributed by atoms with Crippen molar-refractivity contribution in [2.45, 2.75) is 26.7 Å². The van der Waals surface area contributed by atoms with Gasteiger partial charge in [0.25, 0.3) is 0 Å². The van der Waals surface area contributed by atoms with Crippen LogP contribution in [0.5, 0.6) is 0 Å². The van der Waals surface area contributed by atoms with E-state index in [1.54, 1.807) is 0 Å². The van der Waals surface area contributed by atoms with E-state index in [1.807, 2.05) is 0 Å². The quantitative estimate of drug-likeness (QED) is 0.251. The molecule has 0 spiro atoms. The van der Waals surface area contributed by atoms with Crippen molar-refractivity contribution in [3.8, 4) is 0 Å². The molecule has 10 nitrogen and oxygen atoms in total. The zero-order valence-corrected chi connectivity index (χ0v) is 16.8. The molecule has 31 heavy (non-hydrogen) atoms. The Morgan fingerprint density at radius 2 is 1.39 bits per heavy atom. The maximum atomic E-state index is 12.7. The van der Waals surface area contributed by atoms with Crippen molar-refractivity contribution in [1.29, 1.82) is 0 Å². The Hall–Kier alpha value is -3.95. The van der Waals surface area contributed by atoms with Crippen molar-refractivity contribution in [2.75, 3.05) is 13.2 Å². The minimum atomic E-state index is -1.17. The number of rotatable bonds is 10. The molecule has 1 N–H and O–H groups in total. The molecule has 0 saturated heterocycles. The van der Waals surface area contributed by atoms with E-state index < -0.39 is 53.3 Å². The lowest BCUT2D eigenvalue weighted by Crippen LogP contribution is -2.24. The Bertz CT molecular complexity index is 1140. The highest BCUT2D eigenvalue weighted by Crippen LogP contribution is 2.14. The molecule has 1 heterocycles. The maximum absolute atomic E-state index is 12.7. The molecule has 0 aliphatic heterocycles. The van der Waals surface area contributed by atoms with Gasteiger partial charge in [0, 0.05) is 22.7 Å². The summed E-state index contributed by atoms with van der Waals surface area (Å²) in [6, 6.07) is 3.93. The Labute approximate surface area is 175 Å². The van der Waals surface area contributed by atoms with Gasteiger partial charge in [-0.3, -0.25) is 24.0 Å². The van der Waals surface area contributed by atoms with Gasteiger partial charge in [-0.15, -0.1) is 0 Å². The first-order chi connectivity index (χ1) is 14.7. The summed E-state index contributed by atoms with van der Waals surface area (Å²) in [7, 11) is 0. The molecule has 0 amide bonds. The molecule has 2 aromatic rings. The van der Waals surface area contributed by atoms with E-state index in [2.05, 4.69) is 14.5 Å². The Kier molecular flexibility index (Phi) is 7.67. The highest BCUT2D eigenvalue weighted by Gasteiger charge is 2.23. The summed E-state index contributed by atoms with van der Waals surface area (Å²) in [6.07, 6.45) is -0.480. The first kappa shape index (κ1) is 23.3. The summed E-state index contributed by atoms with van der Waals surface area (Å²) in [4.78, 5) is 86.3. The molecule has 162 valence electrons. The monoisotopic (exact) mass is 429 g/mol. The number of H-pyrrole nitrogens is 1. The van der Waals surface area contributed by atoms with E-state index in [1.165, 1.54) is 32.0 Å². The van der Waals surface area contributed by atoms with Crippen molar-refractivity contribution in [3.63, 3.8) is 0 Å². The van der Waals surface area contributed by atoms with Gasteiger partial charge >= 0.3 is 11.9 Å². The summed E-state index contributed by atoms with van der Waals surface area (Å²) in [5.74, 6) is -6.03. The third-order valence-corrected chi connectivity index (χ3v) is 4.15. The van der Waals surface area contributed by atoms with Gasteiger partial charge in [-0.1, -0.05) is 0 Å². The second-order valence-electron chi connectivity index (χ2n) is 6.28. The molecule has 0 fully saturated rings. The molecule has 0 unspecified atom stereocenters. The third kappa shape index (κ3) is 5.56. The number of pyridine rings is 1. The fourth-order valence-corrected chi connectivity index (χ4v) is 2.66. The lowest BCUT2D eigenvalue weighted by Gasteiger charge is -2.05. The van der Waals surface area contributed by atoms with Crippen molar-refractivity contribution in [1.82, 2.24) is 4.98 Å². The SMILES string of the molecule is CCOC(=O)C(=O)CC(=O)c1ccc2[nH]cc(C(=O)CC(=O)C(=O)OCC)c(=O)c2c1. The second kappa shape index (κ2) is 10.2. The van der Waals surface area contributed by atoms with E-state index in [4.69, 9.17) is 0 Å². The third-order valence-electron chi connectivity index (χ3n) is 4.15. The Morgan fingerprint density at radius 3 is 1.94 bits per heavy atom. The van der Waals surface area contributed by atoms with Crippen LogP contribution < -0.4 is 5.43 Å². The number of esters is 2. The molecule has 0 aliphatic rings. The van der Waals surface area contributed by atoms with Gasteiger partial charge in [0.05, 0.1) is 31.6 Å². The van der Waals surface area contributed by atoms with Crippen LogP contribution in [0.3, 0.4) is 0 Å². The van der Waals surface area contributed by atoms with Crippen LogP contribution in [0.1, 0.15) is 47.4 Å². The lowest BCUT2D eigenvalue weighted by molar-refractivity contribution is -0.153. The van der Waals surface area contributed by atoms with Crippen LogP contribution in [-0.4, -0.2) is 53.3 Å². The minimum absolute atomic E-state index is 0.0143. The van der Waals surface area contributed by atoms with Crippen LogP contribution in [0.4, 0.5) is 0 Å². The van der Waals surface area contributed by atoms with Gasteiger partial charge in [-0.05, 0) is 32.0 Å². The zero-order chi connectivity index (χ0) is 23.1. The minimum Gasteiger partial charge on any atom is -0.460 e. The molecule has 1 aromatic heterocycles. The van der Waals surface area contributed by atoms with Crippen LogP contribution in [0.25, 0.3) is 10.9 Å². The highest BCUT2D eigenvalue weighted by atomic mass is 16.5. The predicted molar refractivity (Wildman–Crippen MR) is 106 cm³/mol. The standard InChI is InChI=1S/C21H19NO9/c1-3-30-20(28)17(25)8-15(23)11-5-6-14-12(7-11)19(27)13(10-22-14)16(24)9-18(26)21(29)31-4-2/h5-7,10H,3-4,8-9H2,1-2H3,(H,22,27). The number of nitrogens with one attached hydrogen (secondary N) is 1. The Balaban J connectivity index is 2.30. The number of Topliss-reactive ketones (excluding diaryl/α,β-unsaturated/α-hetero) is 4. The number of aromatic nitrogens is 1. The van der Waals surface area contributed by atoms with Crippen LogP contribution in [0.2, 0.25) is 0 Å². The van der Waals surface area contributed by atoms with E-state index >= 15 is 0 Å². The first-order valence-electron chi connectivity index (χ1n) is 9.31. The summed E-state index contributed by atoms with van der Waals surface area (Å²) in [6.45, 7) is 2.96. The van der Waals surface area contributed by atoms with Crippen LogP contribution in [0, 0.1) is 0 Å². The molecule has 1 aromatic carbocycles. The van der Waals surface area contributed by atoms with E-state index in [9.17, 15) is 33.6 Å². The van der Waals surface area contributed by atoms with Crippen LogP contribution in [0.15, 0.2) is 29.2 Å². The summed E-state index contributed by atoms with van der Waals surface area (Å²) in [5, 5.41) is -0.0381. The van der Waals surface area contributed by atoms with Gasteiger partial charge in [-0.2, -0.15) is 0 Å². The molecular formula is C21H19NO9. The first-order valence-corrected chi connectivity index (χ1v) is 9.31. The van der Waals surface area contributed by atoms with Gasteiger partial charge in [0.1, 0.15) is 0 Å². The predicted octanol–water partition coefficient (Wildman–Crippen LogP) is 0.938. The Morgan fingerprint density at radius 1 is 0.839 bits per heavy atom. The number of hydrogen-bond donors (Lipinski definition) is 1. The number of fused-ring (bicyclic) bond motifs is 1. The molecular weight excluding hydrogens is 410 g/mol. The van der Waals surface area contributed by atoms with Crippen LogP contribution in [-0.2, 0) is 28.7 Å².